The second-order valence-electron chi connectivity index (χ2n) is 5.19. The summed E-state index contributed by atoms with van der Waals surface area (Å²) in [6.07, 6.45) is 1.02. The Bertz CT molecular complexity index is 569. The molecule has 3 heteroatoms. The van der Waals surface area contributed by atoms with Crippen LogP contribution in [-0.2, 0) is 0 Å². The van der Waals surface area contributed by atoms with Gasteiger partial charge >= 0.3 is 0 Å². The van der Waals surface area contributed by atoms with E-state index in [1.165, 1.54) is 5.56 Å². The van der Waals surface area contributed by atoms with Gasteiger partial charge in [-0.3, -0.25) is 0 Å². The van der Waals surface area contributed by atoms with Gasteiger partial charge in [-0.2, -0.15) is 0 Å². The lowest BCUT2D eigenvalue weighted by molar-refractivity contribution is 0.371. The Morgan fingerprint density at radius 3 is 2.43 bits per heavy atom. The van der Waals surface area contributed by atoms with E-state index in [0.29, 0.717) is 11.8 Å². The normalized spacial score (nSPS) is 13.7. The molecule has 112 valence electrons. The summed E-state index contributed by atoms with van der Waals surface area (Å²) in [6.45, 7) is 4.30. The molecule has 0 spiro atoms. The summed E-state index contributed by atoms with van der Waals surface area (Å²) in [6, 6.07) is 16.4. The fourth-order valence-corrected chi connectivity index (χ4v) is 2.50. The maximum atomic E-state index is 9.68. The van der Waals surface area contributed by atoms with Crippen LogP contribution in [0, 0.1) is 0 Å². The van der Waals surface area contributed by atoms with E-state index >= 15 is 0 Å². The van der Waals surface area contributed by atoms with Crippen molar-refractivity contribution in [2.45, 2.75) is 32.4 Å². The third-order valence-electron chi connectivity index (χ3n) is 3.77. The van der Waals surface area contributed by atoms with Gasteiger partial charge < -0.3 is 15.2 Å². The third kappa shape index (κ3) is 3.76. The average Bonchev–Trinajstić information content (AvgIpc) is 2.53. The summed E-state index contributed by atoms with van der Waals surface area (Å²) in [7, 11) is 1.57. The van der Waals surface area contributed by atoms with Gasteiger partial charge in [-0.1, -0.05) is 43.3 Å². The van der Waals surface area contributed by atoms with Crippen molar-refractivity contribution in [1.82, 2.24) is 5.32 Å². The van der Waals surface area contributed by atoms with Crippen LogP contribution in [0.4, 0.5) is 0 Å². The number of methoxy groups -OCH3 is 1. The minimum atomic E-state index is 0.170. The van der Waals surface area contributed by atoms with Gasteiger partial charge in [0.2, 0.25) is 0 Å². The average molecular weight is 285 g/mol. The molecule has 0 aliphatic heterocycles. The molecule has 0 heterocycles. The molecule has 2 N–H and O–H groups in total. The van der Waals surface area contributed by atoms with Gasteiger partial charge in [-0.25, -0.2) is 0 Å². The lowest BCUT2D eigenvalue weighted by Crippen LogP contribution is -2.24. The molecular weight excluding hydrogens is 262 g/mol. The number of phenolic OH excluding ortho intramolecular Hbond substituents is 1. The van der Waals surface area contributed by atoms with E-state index in [4.69, 9.17) is 4.74 Å². The number of nitrogens with one attached hydrogen (secondary N) is 1. The standard InChI is InChI=1S/C18H23NO2/c1-4-16(14-8-6-5-7-9-14)19-13(2)15-10-11-17(20)18(12-15)21-3/h5-13,16,19-20H,4H2,1-3H3. The Labute approximate surface area is 126 Å². The fourth-order valence-electron chi connectivity index (χ4n) is 2.50. The van der Waals surface area contributed by atoms with Crippen LogP contribution in [-0.4, -0.2) is 12.2 Å². The van der Waals surface area contributed by atoms with E-state index in [0.717, 1.165) is 12.0 Å². The van der Waals surface area contributed by atoms with E-state index in [9.17, 15) is 5.11 Å². The molecule has 3 nitrogen and oxygen atoms in total. The third-order valence-corrected chi connectivity index (χ3v) is 3.77. The number of hydrogen-bond acceptors (Lipinski definition) is 3. The zero-order valence-electron chi connectivity index (χ0n) is 12.8. The SMILES string of the molecule is CCC(NC(C)c1ccc(O)c(OC)c1)c1ccccc1. The quantitative estimate of drug-likeness (QED) is 0.835. The molecule has 21 heavy (non-hydrogen) atoms. The van der Waals surface area contributed by atoms with Gasteiger partial charge in [-0.05, 0) is 36.6 Å². The maximum absolute atomic E-state index is 9.68. The molecule has 2 unspecified atom stereocenters. The molecule has 0 bridgehead atoms. The van der Waals surface area contributed by atoms with Crippen LogP contribution in [0.3, 0.4) is 0 Å². The number of benzene rings is 2. The van der Waals surface area contributed by atoms with Crippen LogP contribution in [0.5, 0.6) is 11.5 Å². The fraction of sp³-hybridized carbons (Fsp3) is 0.333. The number of phenols is 1. The highest BCUT2D eigenvalue weighted by Crippen LogP contribution is 2.30. The number of hydrogen-bond donors (Lipinski definition) is 2. The summed E-state index contributed by atoms with van der Waals surface area (Å²) < 4.78 is 5.17. The molecule has 0 amide bonds. The number of rotatable bonds is 6. The van der Waals surface area contributed by atoms with E-state index in [-0.39, 0.29) is 11.8 Å². The number of aromatic hydroxyl groups is 1. The summed E-state index contributed by atoms with van der Waals surface area (Å²) in [5, 5.41) is 13.3. The predicted octanol–water partition coefficient (Wildman–Crippen LogP) is 4.20. The molecule has 2 atom stereocenters. The van der Waals surface area contributed by atoms with E-state index in [1.54, 1.807) is 13.2 Å². The molecule has 0 aliphatic rings. The first-order chi connectivity index (χ1) is 10.2. The molecule has 2 rings (SSSR count). The predicted molar refractivity (Wildman–Crippen MR) is 85.7 cm³/mol. The van der Waals surface area contributed by atoms with Crippen molar-refractivity contribution in [1.29, 1.82) is 0 Å². The Balaban J connectivity index is 2.14. The molecule has 0 saturated heterocycles. The van der Waals surface area contributed by atoms with E-state index in [1.807, 2.05) is 18.2 Å². The largest absolute Gasteiger partial charge is 0.504 e. The van der Waals surface area contributed by atoms with E-state index in [2.05, 4.69) is 43.4 Å². The van der Waals surface area contributed by atoms with Crippen molar-refractivity contribution in [2.24, 2.45) is 0 Å². The summed E-state index contributed by atoms with van der Waals surface area (Å²) in [4.78, 5) is 0. The van der Waals surface area contributed by atoms with Crippen LogP contribution in [0.2, 0.25) is 0 Å². The Kier molecular flexibility index (Phi) is 5.23. The van der Waals surface area contributed by atoms with Crippen molar-refractivity contribution in [3.05, 3.63) is 59.7 Å². The Morgan fingerprint density at radius 2 is 1.81 bits per heavy atom. The van der Waals surface area contributed by atoms with Crippen LogP contribution in [0.15, 0.2) is 48.5 Å². The molecule has 2 aromatic rings. The first-order valence-corrected chi connectivity index (χ1v) is 7.33. The first-order valence-electron chi connectivity index (χ1n) is 7.33. The second kappa shape index (κ2) is 7.14. The summed E-state index contributed by atoms with van der Waals surface area (Å²) >= 11 is 0. The van der Waals surface area contributed by atoms with Gasteiger partial charge in [0.25, 0.3) is 0 Å². The summed E-state index contributed by atoms with van der Waals surface area (Å²) in [5.74, 6) is 0.678. The zero-order chi connectivity index (χ0) is 15.2. The first kappa shape index (κ1) is 15.4. The topological polar surface area (TPSA) is 41.5 Å². The Hall–Kier alpha value is -2.00. The molecule has 0 aromatic heterocycles. The summed E-state index contributed by atoms with van der Waals surface area (Å²) in [5.41, 5.74) is 2.39. The molecular formula is C18H23NO2. The number of ether oxygens (including phenoxy) is 1. The lowest BCUT2D eigenvalue weighted by atomic mass is 10.0. The van der Waals surface area contributed by atoms with Crippen molar-refractivity contribution in [2.75, 3.05) is 7.11 Å². The Morgan fingerprint density at radius 1 is 1.10 bits per heavy atom. The van der Waals surface area contributed by atoms with Crippen molar-refractivity contribution < 1.29 is 9.84 Å². The van der Waals surface area contributed by atoms with Crippen LogP contribution < -0.4 is 10.1 Å². The molecule has 0 radical (unpaired) electrons. The molecule has 0 aliphatic carbocycles. The minimum absolute atomic E-state index is 0.170. The highest BCUT2D eigenvalue weighted by atomic mass is 16.5. The van der Waals surface area contributed by atoms with Gasteiger partial charge in [0.15, 0.2) is 11.5 Å². The van der Waals surface area contributed by atoms with Crippen LogP contribution >= 0.6 is 0 Å². The van der Waals surface area contributed by atoms with Crippen molar-refractivity contribution in [3.8, 4) is 11.5 Å². The lowest BCUT2D eigenvalue weighted by Gasteiger charge is -2.23. The monoisotopic (exact) mass is 285 g/mol. The van der Waals surface area contributed by atoms with Crippen LogP contribution in [0.1, 0.15) is 43.5 Å². The van der Waals surface area contributed by atoms with Crippen LogP contribution in [0.25, 0.3) is 0 Å². The zero-order valence-corrected chi connectivity index (χ0v) is 12.8. The highest BCUT2D eigenvalue weighted by molar-refractivity contribution is 5.42. The smallest absolute Gasteiger partial charge is 0.160 e. The minimum Gasteiger partial charge on any atom is -0.504 e. The molecule has 2 aromatic carbocycles. The maximum Gasteiger partial charge on any atom is 0.160 e. The van der Waals surface area contributed by atoms with E-state index < -0.39 is 0 Å². The highest BCUT2D eigenvalue weighted by Gasteiger charge is 2.15. The second-order valence-corrected chi connectivity index (χ2v) is 5.19. The van der Waals surface area contributed by atoms with Gasteiger partial charge in [0.1, 0.15) is 0 Å². The van der Waals surface area contributed by atoms with Crippen molar-refractivity contribution >= 4 is 0 Å². The van der Waals surface area contributed by atoms with Gasteiger partial charge in [-0.15, -0.1) is 0 Å². The van der Waals surface area contributed by atoms with Crippen molar-refractivity contribution in [3.63, 3.8) is 0 Å². The molecule has 0 saturated carbocycles. The molecule has 0 fully saturated rings. The van der Waals surface area contributed by atoms with Gasteiger partial charge in [0.05, 0.1) is 7.11 Å². The van der Waals surface area contributed by atoms with Gasteiger partial charge in [0, 0.05) is 12.1 Å².